The molecule has 3 atom stereocenters. The Kier molecular flexibility index (Phi) is 9.27. The summed E-state index contributed by atoms with van der Waals surface area (Å²) in [5, 5.41) is 0. The molecule has 3 aromatic carbocycles. The van der Waals surface area contributed by atoms with Crippen LogP contribution >= 0.6 is 0 Å². The lowest BCUT2D eigenvalue weighted by molar-refractivity contribution is -0.167. The number of rotatable bonds is 10. The number of benzene rings is 3. The first-order valence-corrected chi connectivity index (χ1v) is 12.8. The largest absolute Gasteiger partial charge is 0.406 e. The number of nitrogens with zero attached hydrogens (tertiary/aromatic N) is 1. The highest BCUT2D eigenvalue weighted by Gasteiger charge is 2.48. The van der Waals surface area contributed by atoms with Gasteiger partial charge in [0.1, 0.15) is 6.04 Å². The van der Waals surface area contributed by atoms with Gasteiger partial charge in [0.25, 0.3) is 0 Å². The van der Waals surface area contributed by atoms with Gasteiger partial charge >= 0.3 is 6.18 Å². The van der Waals surface area contributed by atoms with Gasteiger partial charge in [-0.3, -0.25) is 4.90 Å². The minimum atomic E-state index is -4.61. The van der Waals surface area contributed by atoms with Crippen molar-refractivity contribution in [3.05, 3.63) is 108 Å². The van der Waals surface area contributed by atoms with Crippen LogP contribution in [0.1, 0.15) is 37.5 Å². The van der Waals surface area contributed by atoms with Crippen LogP contribution < -0.4 is 4.72 Å². The second-order valence-electron chi connectivity index (χ2n) is 9.65. The molecule has 35 heavy (non-hydrogen) atoms. The number of nitrogens with one attached hydrogen (secondary N) is 1. The zero-order chi connectivity index (χ0) is 25.5. The quantitative estimate of drug-likeness (QED) is 0.354. The van der Waals surface area contributed by atoms with Crippen LogP contribution in [0.25, 0.3) is 0 Å². The van der Waals surface area contributed by atoms with Gasteiger partial charge in [-0.15, -0.1) is 0 Å². The number of hydrogen-bond acceptors (Lipinski definition) is 2. The van der Waals surface area contributed by atoms with Crippen molar-refractivity contribution < 1.29 is 17.4 Å². The van der Waals surface area contributed by atoms with Gasteiger partial charge in [-0.05, 0) is 43.9 Å². The molecule has 0 fully saturated rings. The van der Waals surface area contributed by atoms with Gasteiger partial charge in [0.2, 0.25) is 0 Å². The van der Waals surface area contributed by atoms with Crippen molar-refractivity contribution >= 4 is 11.0 Å². The Balaban J connectivity index is 2.07. The Morgan fingerprint density at radius 3 is 1.51 bits per heavy atom. The second-order valence-corrected chi connectivity index (χ2v) is 11.6. The average molecular weight is 503 g/mol. The van der Waals surface area contributed by atoms with Gasteiger partial charge < -0.3 is 0 Å². The Morgan fingerprint density at radius 1 is 0.743 bits per heavy atom. The highest BCUT2D eigenvalue weighted by molar-refractivity contribution is 7.84. The lowest BCUT2D eigenvalue weighted by Crippen LogP contribution is -2.59. The SMILES string of the molecule is CC(C)(C)S(=O)N[C@@H]([C@@H](Cc1ccccc1)N(Cc1ccccc1)Cc1ccccc1)C(F)(F)F. The van der Waals surface area contributed by atoms with Crippen LogP contribution in [0.2, 0.25) is 0 Å². The smallest absolute Gasteiger partial charge is 0.290 e. The van der Waals surface area contributed by atoms with E-state index in [0.717, 1.165) is 16.7 Å². The van der Waals surface area contributed by atoms with Crippen LogP contribution in [-0.2, 0) is 30.5 Å². The monoisotopic (exact) mass is 502 g/mol. The summed E-state index contributed by atoms with van der Waals surface area (Å²) in [6, 6.07) is 25.2. The van der Waals surface area contributed by atoms with Gasteiger partial charge in [-0.1, -0.05) is 91.0 Å². The van der Waals surface area contributed by atoms with E-state index < -0.39 is 34.0 Å². The molecular weight excluding hydrogens is 469 g/mol. The lowest BCUT2D eigenvalue weighted by Gasteiger charge is -2.39. The summed E-state index contributed by atoms with van der Waals surface area (Å²) < 4.78 is 58.4. The summed E-state index contributed by atoms with van der Waals surface area (Å²) in [5.74, 6) is 0. The molecule has 0 bridgehead atoms. The molecule has 0 aliphatic carbocycles. The third-order valence-corrected chi connectivity index (χ3v) is 7.32. The first kappa shape index (κ1) is 27.1. The maximum atomic E-state index is 14.6. The maximum absolute atomic E-state index is 14.6. The van der Waals surface area contributed by atoms with Crippen molar-refractivity contribution in [1.82, 2.24) is 9.62 Å². The Morgan fingerprint density at radius 2 is 1.14 bits per heavy atom. The van der Waals surface area contributed by atoms with E-state index in [0.29, 0.717) is 13.1 Å². The molecule has 3 rings (SSSR count). The van der Waals surface area contributed by atoms with E-state index in [2.05, 4.69) is 4.72 Å². The predicted molar refractivity (Wildman–Crippen MR) is 137 cm³/mol. The summed E-state index contributed by atoms with van der Waals surface area (Å²) in [6.07, 6.45) is -4.45. The summed E-state index contributed by atoms with van der Waals surface area (Å²) in [6.45, 7) is 5.65. The molecule has 0 saturated carbocycles. The van der Waals surface area contributed by atoms with Crippen molar-refractivity contribution in [3.63, 3.8) is 0 Å². The summed E-state index contributed by atoms with van der Waals surface area (Å²) >= 11 is 0. The number of alkyl halides is 3. The molecule has 0 aliphatic rings. The van der Waals surface area contributed by atoms with Crippen molar-refractivity contribution in [1.29, 1.82) is 0 Å². The molecule has 3 aromatic rings. The summed E-state index contributed by atoms with van der Waals surface area (Å²) in [5.41, 5.74) is 2.62. The van der Waals surface area contributed by atoms with Crippen LogP contribution in [0.15, 0.2) is 91.0 Å². The van der Waals surface area contributed by atoms with Gasteiger partial charge in [-0.2, -0.15) is 13.2 Å². The molecular formula is C28H33F3N2OS. The van der Waals surface area contributed by atoms with Crippen LogP contribution in [-0.4, -0.2) is 32.1 Å². The fourth-order valence-electron chi connectivity index (χ4n) is 3.90. The van der Waals surface area contributed by atoms with Crippen LogP contribution in [0.3, 0.4) is 0 Å². The van der Waals surface area contributed by atoms with E-state index in [1.807, 2.05) is 95.9 Å². The van der Waals surface area contributed by atoms with Gasteiger partial charge in [0, 0.05) is 19.1 Å². The average Bonchev–Trinajstić information content (AvgIpc) is 2.81. The molecule has 0 saturated heterocycles. The zero-order valence-electron chi connectivity index (χ0n) is 20.3. The third kappa shape index (κ3) is 8.30. The molecule has 188 valence electrons. The fourth-order valence-corrected chi connectivity index (χ4v) is 4.77. The van der Waals surface area contributed by atoms with E-state index in [-0.39, 0.29) is 6.42 Å². The summed E-state index contributed by atoms with van der Waals surface area (Å²) in [4.78, 5) is 1.85. The molecule has 0 heterocycles. The highest BCUT2D eigenvalue weighted by atomic mass is 32.2. The maximum Gasteiger partial charge on any atom is 0.406 e. The van der Waals surface area contributed by atoms with Crippen LogP contribution in [0.5, 0.6) is 0 Å². The molecule has 0 radical (unpaired) electrons. The minimum absolute atomic E-state index is 0.152. The van der Waals surface area contributed by atoms with Gasteiger partial charge in [0.05, 0.1) is 15.7 Å². The van der Waals surface area contributed by atoms with Gasteiger partial charge in [-0.25, -0.2) is 8.93 Å². The first-order valence-electron chi connectivity index (χ1n) is 11.6. The van der Waals surface area contributed by atoms with E-state index in [1.165, 1.54) is 0 Å². The summed E-state index contributed by atoms with van der Waals surface area (Å²) in [7, 11) is -1.90. The molecule has 1 N–H and O–H groups in total. The van der Waals surface area contributed by atoms with Crippen molar-refractivity contribution in [2.24, 2.45) is 0 Å². The van der Waals surface area contributed by atoms with Crippen LogP contribution in [0, 0.1) is 0 Å². The van der Waals surface area contributed by atoms with Crippen molar-refractivity contribution in [2.75, 3.05) is 0 Å². The standard InChI is InChI=1S/C28H33F3N2OS/c1-27(2,3)35(34)32-26(28(29,30)31)25(19-22-13-7-4-8-14-22)33(20-23-15-9-5-10-16-23)21-24-17-11-6-12-18-24/h4-18,25-26,32H,19-21H2,1-3H3/t25-,26+,35?/m1/s1. The van der Waals surface area contributed by atoms with E-state index in [4.69, 9.17) is 0 Å². The Bertz CT molecular complexity index is 1010. The van der Waals surface area contributed by atoms with E-state index >= 15 is 0 Å². The molecule has 1 unspecified atom stereocenters. The highest BCUT2D eigenvalue weighted by Crippen LogP contribution is 2.30. The van der Waals surface area contributed by atoms with Crippen LogP contribution in [0.4, 0.5) is 13.2 Å². The molecule has 0 amide bonds. The normalized spacial score (nSPS) is 15.1. The third-order valence-electron chi connectivity index (χ3n) is 5.74. The van der Waals surface area contributed by atoms with E-state index in [9.17, 15) is 17.4 Å². The topological polar surface area (TPSA) is 32.3 Å². The van der Waals surface area contributed by atoms with Gasteiger partial charge in [0.15, 0.2) is 0 Å². The second kappa shape index (κ2) is 12.0. The van der Waals surface area contributed by atoms with Crippen molar-refractivity contribution in [2.45, 2.75) is 63.3 Å². The van der Waals surface area contributed by atoms with Crippen molar-refractivity contribution in [3.8, 4) is 0 Å². The molecule has 0 aromatic heterocycles. The lowest BCUT2D eigenvalue weighted by atomic mass is 9.96. The molecule has 0 spiro atoms. The molecule has 7 heteroatoms. The fraction of sp³-hybridized carbons (Fsp3) is 0.357. The Labute approximate surface area is 209 Å². The number of halogens is 3. The molecule has 3 nitrogen and oxygen atoms in total. The van der Waals surface area contributed by atoms with E-state index in [1.54, 1.807) is 20.8 Å². The Hall–Kier alpha value is -2.48. The minimum Gasteiger partial charge on any atom is -0.290 e. The zero-order valence-corrected chi connectivity index (χ0v) is 21.2. The molecule has 0 aliphatic heterocycles. The predicted octanol–water partition coefficient (Wildman–Crippen LogP) is 6.28. The first-order chi connectivity index (χ1) is 16.5. The number of hydrogen-bond donors (Lipinski definition) is 1.